The van der Waals surface area contributed by atoms with E-state index in [-0.39, 0.29) is 23.5 Å². The van der Waals surface area contributed by atoms with Crippen molar-refractivity contribution in [2.45, 2.75) is 31.3 Å². The highest BCUT2D eigenvalue weighted by Gasteiger charge is 2.26. The monoisotopic (exact) mass is 467 g/mol. The minimum atomic E-state index is -3.90. The number of aromatic amines is 1. The van der Waals surface area contributed by atoms with Crippen LogP contribution in [0.2, 0.25) is 5.02 Å². The summed E-state index contributed by atoms with van der Waals surface area (Å²) < 4.78 is 28.2. The highest BCUT2D eigenvalue weighted by molar-refractivity contribution is 7.89. The summed E-state index contributed by atoms with van der Waals surface area (Å²) in [6.45, 7) is 2.05. The Balaban J connectivity index is 1.77. The van der Waals surface area contributed by atoms with Gasteiger partial charge in [0.25, 0.3) is 5.56 Å². The molecule has 0 saturated carbocycles. The SMILES string of the molecule is CCc1ccc2[nH]c(=O)c(CN(Cc3cccnc3)S(=O)(=O)c3ccc(Cl)cc3)cc2c1. The molecule has 2 heterocycles. The van der Waals surface area contributed by atoms with E-state index in [4.69, 9.17) is 11.6 Å². The first-order chi connectivity index (χ1) is 15.4. The quantitative estimate of drug-likeness (QED) is 0.433. The molecule has 4 aromatic rings. The number of aryl methyl sites for hydroxylation is 1. The maximum absolute atomic E-state index is 13.5. The molecular formula is C24H22ClN3O3S. The lowest BCUT2D eigenvalue weighted by Gasteiger charge is -2.22. The molecule has 1 N–H and O–H groups in total. The number of rotatable bonds is 7. The fraction of sp³-hybridized carbons (Fsp3) is 0.167. The predicted octanol–water partition coefficient (Wildman–Crippen LogP) is 4.53. The molecule has 0 bridgehead atoms. The van der Waals surface area contributed by atoms with Crippen LogP contribution in [0.4, 0.5) is 0 Å². The molecule has 0 atom stereocenters. The van der Waals surface area contributed by atoms with Gasteiger partial charge < -0.3 is 4.98 Å². The first-order valence-corrected chi connectivity index (χ1v) is 12.0. The van der Waals surface area contributed by atoms with Gasteiger partial charge in [0.1, 0.15) is 0 Å². The maximum Gasteiger partial charge on any atom is 0.252 e. The predicted molar refractivity (Wildman–Crippen MR) is 126 cm³/mol. The molecule has 2 aromatic carbocycles. The topological polar surface area (TPSA) is 83.1 Å². The van der Waals surface area contributed by atoms with Crippen LogP contribution in [-0.4, -0.2) is 22.7 Å². The molecule has 0 aliphatic carbocycles. The molecule has 0 spiro atoms. The number of benzene rings is 2. The molecular weight excluding hydrogens is 446 g/mol. The number of aromatic nitrogens is 2. The van der Waals surface area contributed by atoms with Crippen LogP contribution in [0, 0.1) is 0 Å². The summed E-state index contributed by atoms with van der Waals surface area (Å²) in [6, 6.07) is 17.2. The van der Waals surface area contributed by atoms with Gasteiger partial charge in [0.15, 0.2) is 0 Å². The van der Waals surface area contributed by atoms with Crippen LogP contribution >= 0.6 is 11.6 Å². The minimum Gasteiger partial charge on any atom is -0.322 e. The molecule has 0 radical (unpaired) electrons. The Morgan fingerprint density at radius 3 is 2.47 bits per heavy atom. The van der Waals surface area contributed by atoms with Crippen LogP contribution in [0.25, 0.3) is 10.9 Å². The Morgan fingerprint density at radius 2 is 1.78 bits per heavy atom. The van der Waals surface area contributed by atoms with E-state index in [2.05, 4.69) is 16.9 Å². The van der Waals surface area contributed by atoms with Gasteiger partial charge in [-0.3, -0.25) is 9.78 Å². The summed E-state index contributed by atoms with van der Waals surface area (Å²) in [4.78, 5) is 19.8. The highest BCUT2D eigenvalue weighted by Crippen LogP contribution is 2.23. The van der Waals surface area contributed by atoms with Crippen molar-refractivity contribution >= 4 is 32.5 Å². The van der Waals surface area contributed by atoms with Crippen LogP contribution in [0.5, 0.6) is 0 Å². The van der Waals surface area contributed by atoms with Gasteiger partial charge in [-0.25, -0.2) is 8.42 Å². The number of fused-ring (bicyclic) bond motifs is 1. The maximum atomic E-state index is 13.5. The number of halogens is 1. The van der Waals surface area contributed by atoms with Crippen LogP contribution in [0.15, 0.2) is 82.7 Å². The van der Waals surface area contributed by atoms with Crippen LogP contribution < -0.4 is 5.56 Å². The minimum absolute atomic E-state index is 0.0747. The molecule has 32 heavy (non-hydrogen) atoms. The lowest BCUT2D eigenvalue weighted by atomic mass is 10.1. The Labute approximate surface area is 191 Å². The van der Waals surface area contributed by atoms with Crippen molar-refractivity contribution in [2.75, 3.05) is 0 Å². The third-order valence-corrected chi connectivity index (χ3v) is 7.33. The van der Waals surface area contributed by atoms with Gasteiger partial charge in [-0.15, -0.1) is 0 Å². The molecule has 8 heteroatoms. The summed E-state index contributed by atoms with van der Waals surface area (Å²) >= 11 is 5.94. The van der Waals surface area contributed by atoms with E-state index in [1.807, 2.05) is 18.2 Å². The lowest BCUT2D eigenvalue weighted by molar-refractivity contribution is 0.399. The summed E-state index contributed by atoms with van der Waals surface area (Å²) in [5, 5.41) is 1.31. The van der Waals surface area contributed by atoms with Crippen molar-refractivity contribution in [3.8, 4) is 0 Å². The lowest BCUT2D eigenvalue weighted by Crippen LogP contribution is -2.32. The first-order valence-electron chi connectivity index (χ1n) is 10.2. The van der Waals surface area contributed by atoms with Crippen LogP contribution in [0.3, 0.4) is 0 Å². The van der Waals surface area contributed by atoms with Crippen LogP contribution in [0.1, 0.15) is 23.6 Å². The van der Waals surface area contributed by atoms with Crippen molar-refractivity contribution in [3.05, 3.63) is 105 Å². The fourth-order valence-electron chi connectivity index (χ4n) is 3.51. The summed E-state index contributed by atoms with van der Waals surface area (Å²) in [6.07, 6.45) is 4.10. The number of pyridine rings is 2. The molecule has 0 aliphatic rings. The Hall–Kier alpha value is -3.00. The van der Waals surface area contributed by atoms with Crippen molar-refractivity contribution in [3.63, 3.8) is 0 Å². The van der Waals surface area contributed by atoms with E-state index in [0.29, 0.717) is 10.6 Å². The molecule has 0 unspecified atom stereocenters. The van der Waals surface area contributed by atoms with Gasteiger partial charge in [-0.05, 0) is 71.5 Å². The number of nitrogens with zero attached hydrogens (tertiary/aromatic N) is 2. The normalized spacial score (nSPS) is 11.8. The molecule has 0 saturated heterocycles. The van der Waals surface area contributed by atoms with Gasteiger partial charge in [0.2, 0.25) is 10.0 Å². The largest absolute Gasteiger partial charge is 0.322 e. The zero-order chi connectivity index (χ0) is 22.7. The molecule has 2 aromatic heterocycles. The molecule has 4 rings (SSSR count). The second-order valence-corrected chi connectivity index (χ2v) is 9.86. The standard InChI is InChI=1S/C24H22ClN3O3S/c1-2-17-5-10-23-19(12-17)13-20(24(29)27-23)16-28(15-18-4-3-11-26-14-18)32(30,31)22-8-6-21(25)7-9-22/h3-14H,2,15-16H2,1H3,(H,27,29). The Morgan fingerprint density at radius 1 is 1.00 bits per heavy atom. The number of hydrogen-bond acceptors (Lipinski definition) is 4. The summed E-state index contributed by atoms with van der Waals surface area (Å²) in [5.41, 5.74) is 2.62. The van der Waals surface area contributed by atoms with Gasteiger partial charge >= 0.3 is 0 Å². The second kappa shape index (κ2) is 9.24. The number of hydrogen-bond donors (Lipinski definition) is 1. The van der Waals surface area contributed by atoms with Crippen molar-refractivity contribution in [1.82, 2.24) is 14.3 Å². The van der Waals surface area contributed by atoms with Crippen molar-refractivity contribution < 1.29 is 8.42 Å². The van der Waals surface area contributed by atoms with Gasteiger partial charge in [0, 0.05) is 41.6 Å². The summed E-state index contributed by atoms with van der Waals surface area (Å²) in [5.74, 6) is 0. The van der Waals surface area contributed by atoms with E-state index in [0.717, 1.165) is 28.5 Å². The molecule has 0 amide bonds. The van der Waals surface area contributed by atoms with Gasteiger partial charge in [0.05, 0.1) is 4.90 Å². The smallest absolute Gasteiger partial charge is 0.252 e. The van der Waals surface area contributed by atoms with E-state index < -0.39 is 10.0 Å². The molecule has 164 valence electrons. The van der Waals surface area contributed by atoms with E-state index in [9.17, 15) is 13.2 Å². The number of sulfonamides is 1. The molecule has 0 fully saturated rings. The van der Waals surface area contributed by atoms with E-state index in [1.54, 1.807) is 30.6 Å². The van der Waals surface area contributed by atoms with Gasteiger partial charge in [-0.2, -0.15) is 4.31 Å². The van der Waals surface area contributed by atoms with Crippen molar-refractivity contribution in [1.29, 1.82) is 0 Å². The second-order valence-electron chi connectivity index (χ2n) is 7.49. The third-order valence-electron chi connectivity index (χ3n) is 5.27. The zero-order valence-electron chi connectivity index (χ0n) is 17.5. The van der Waals surface area contributed by atoms with E-state index >= 15 is 0 Å². The fourth-order valence-corrected chi connectivity index (χ4v) is 5.04. The zero-order valence-corrected chi connectivity index (χ0v) is 19.0. The van der Waals surface area contributed by atoms with E-state index in [1.165, 1.54) is 28.6 Å². The first kappa shape index (κ1) is 22.2. The van der Waals surface area contributed by atoms with Gasteiger partial charge in [-0.1, -0.05) is 30.7 Å². The molecule has 0 aliphatic heterocycles. The highest BCUT2D eigenvalue weighted by atomic mass is 35.5. The Bertz CT molecular complexity index is 1400. The molecule has 6 nitrogen and oxygen atoms in total. The average molecular weight is 468 g/mol. The number of H-pyrrole nitrogens is 1. The third kappa shape index (κ3) is 4.75. The van der Waals surface area contributed by atoms with Crippen molar-refractivity contribution in [2.24, 2.45) is 0 Å². The van der Waals surface area contributed by atoms with Crippen LogP contribution in [-0.2, 0) is 29.5 Å². The summed E-state index contributed by atoms with van der Waals surface area (Å²) in [7, 11) is -3.90. The Kier molecular flexibility index (Phi) is 6.41. The average Bonchev–Trinajstić information content (AvgIpc) is 2.79. The number of nitrogens with one attached hydrogen (secondary N) is 1.